The Hall–Kier alpha value is -0.990. The number of nitrogens with one attached hydrogen (secondary N) is 1. The summed E-state index contributed by atoms with van der Waals surface area (Å²) in [5.41, 5.74) is 9.37. The molecule has 0 amide bonds. The molecule has 0 aliphatic heterocycles. The van der Waals surface area contributed by atoms with E-state index in [-0.39, 0.29) is 17.9 Å². The van der Waals surface area contributed by atoms with Crippen LogP contribution in [0.3, 0.4) is 0 Å². The molecule has 25 heavy (non-hydrogen) atoms. The van der Waals surface area contributed by atoms with Crippen molar-refractivity contribution >= 4 is 33.8 Å². The van der Waals surface area contributed by atoms with E-state index in [0.717, 1.165) is 34.7 Å². The van der Waals surface area contributed by atoms with Gasteiger partial charge in [-0.15, -0.1) is 23.7 Å². The van der Waals surface area contributed by atoms with Crippen LogP contribution in [0.1, 0.15) is 36.3 Å². The molecule has 1 saturated carbocycles. The number of hydrogen-bond donors (Lipinski definition) is 2. The molecule has 3 rings (SSSR count). The predicted octanol–water partition coefficient (Wildman–Crippen LogP) is 3.05. The van der Waals surface area contributed by atoms with Gasteiger partial charge in [0.15, 0.2) is 0 Å². The molecule has 1 aliphatic rings. The predicted molar refractivity (Wildman–Crippen MR) is 106 cm³/mol. The van der Waals surface area contributed by atoms with Crippen LogP contribution in [0, 0.1) is 0 Å². The van der Waals surface area contributed by atoms with Gasteiger partial charge in [0.2, 0.25) is 10.0 Å². The van der Waals surface area contributed by atoms with Crippen LogP contribution >= 0.6 is 23.7 Å². The van der Waals surface area contributed by atoms with Crippen molar-refractivity contribution in [3.05, 3.63) is 40.2 Å². The molecule has 0 spiro atoms. The van der Waals surface area contributed by atoms with Crippen LogP contribution in [0.2, 0.25) is 0 Å². The summed E-state index contributed by atoms with van der Waals surface area (Å²) in [6.45, 7) is 0.411. The zero-order chi connectivity index (χ0) is 17.2. The molecule has 8 heteroatoms. The number of rotatable bonds is 6. The van der Waals surface area contributed by atoms with Gasteiger partial charge in [0, 0.05) is 17.5 Å². The molecule has 1 fully saturated rings. The minimum atomic E-state index is -3.13. The standard InChI is InChI=1S/C17H23N3O2S2.ClH/c1-24(21,22)19-11-8-13-4-6-14(7-5-13)15-12-23-16(20-15)17(18)9-2-3-10-17;/h4-7,12,19H,2-3,8-11,18H2,1H3;1H. The SMILES string of the molecule is CS(=O)(=O)NCCc1ccc(-c2csc(C3(N)CCCC3)n2)cc1.Cl. The first-order valence-electron chi connectivity index (χ1n) is 8.15. The van der Waals surface area contributed by atoms with Gasteiger partial charge in [-0.2, -0.15) is 0 Å². The number of halogens is 1. The second-order valence-electron chi connectivity index (χ2n) is 6.51. The van der Waals surface area contributed by atoms with Gasteiger partial charge in [-0.05, 0) is 24.8 Å². The normalized spacial score (nSPS) is 16.6. The van der Waals surface area contributed by atoms with Gasteiger partial charge in [-0.3, -0.25) is 0 Å². The smallest absolute Gasteiger partial charge is 0.208 e. The summed E-state index contributed by atoms with van der Waals surface area (Å²) in [4.78, 5) is 4.76. The van der Waals surface area contributed by atoms with Gasteiger partial charge in [-0.1, -0.05) is 37.1 Å². The lowest BCUT2D eigenvalue weighted by Crippen LogP contribution is -2.32. The highest BCUT2D eigenvalue weighted by molar-refractivity contribution is 7.88. The number of sulfonamides is 1. The molecular weight excluding hydrogens is 378 g/mol. The molecule has 1 aromatic carbocycles. The second kappa shape index (κ2) is 8.14. The molecule has 0 unspecified atom stereocenters. The Morgan fingerprint density at radius 1 is 1.24 bits per heavy atom. The molecular formula is C17H24ClN3O2S2. The number of hydrogen-bond acceptors (Lipinski definition) is 5. The fourth-order valence-electron chi connectivity index (χ4n) is 3.08. The van der Waals surface area contributed by atoms with Crippen LogP contribution in [0.25, 0.3) is 11.3 Å². The molecule has 138 valence electrons. The Morgan fingerprint density at radius 3 is 2.48 bits per heavy atom. The van der Waals surface area contributed by atoms with Gasteiger partial charge >= 0.3 is 0 Å². The Bertz CT molecular complexity index is 798. The van der Waals surface area contributed by atoms with E-state index in [2.05, 4.69) is 10.1 Å². The third-order valence-electron chi connectivity index (χ3n) is 4.45. The summed E-state index contributed by atoms with van der Waals surface area (Å²) in [6.07, 6.45) is 6.24. The highest BCUT2D eigenvalue weighted by Crippen LogP contribution is 2.38. The van der Waals surface area contributed by atoms with Crippen molar-refractivity contribution in [3.8, 4) is 11.3 Å². The molecule has 0 radical (unpaired) electrons. The van der Waals surface area contributed by atoms with E-state index >= 15 is 0 Å². The van der Waals surface area contributed by atoms with Crippen LogP contribution in [-0.4, -0.2) is 26.2 Å². The van der Waals surface area contributed by atoms with Crippen LogP contribution in [0.15, 0.2) is 29.6 Å². The average Bonchev–Trinajstić information content (AvgIpc) is 3.17. The lowest BCUT2D eigenvalue weighted by molar-refractivity contribution is 0.459. The Balaban J connectivity index is 0.00000225. The van der Waals surface area contributed by atoms with Crippen molar-refractivity contribution < 1.29 is 8.42 Å². The van der Waals surface area contributed by atoms with Gasteiger partial charge in [0.1, 0.15) is 5.01 Å². The number of benzene rings is 1. The third kappa shape index (κ3) is 5.24. The Kier molecular flexibility index (Phi) is 6.62. The van der Waals surface area contributed by atoms with E-state index < -0.39 is 10.0 Å². The highest BCUT2D eigenvalue weighted by atomic mass is 35.5. The second-order valence-corrected chi connectivity index (χ2v) is 9.21. The maximum Gasteiger partial charge on any atom is 0.208 e. The fourth-order valence-corrected chi connectivity index (χ4v) is 4.55. The number of nitrogens with two attached hydrogens (primary N) is 1. The molecule has 3 N–H and O–H groups in total. The lowest BCUT2D eigenvalue weighted by atomic mass is 10.0. The molecule has 1 aliphatic carbocycles. The zero-order valence-electron chi connectivity index (χ0n) is 14.2. The van der Waals surface area contributed by atoms with Crippen molar-refractivity contribution in [2.45, 2.75) is 37.6 Å². The average molecular weight is 402 g/mol. The molecule has 2 aromatic rings. The maximum atomic E-state index is 11.1. The van der Waals surface area contributed by atoms with E-state index in [0.29, 0.717) is 13.0 Å². The van der Waals surface area contributed by atoms with E-state index in [1.807, 2.05) is 24.3 Å². The summed E-state index contributed by atoms with van der Waals surface area (Å²) < 4.78 is 24.6. The molecule has 0 bridgehead atoms. The van der Waals surface area contributed by atoms with Crippen LogP contribution < -0.4 is 10.5 Å². The summed E-state index contributed by atoms with van der Waals surface area (Å²) in [5.74, 6) is 0. The van der Waals surface area contributed by atoms with E-state index in [1.54, 1.807) is 11.3 Å². The largest absolute Gasteiger partial charge is 0.319 e. The Morgan fingerprint density at radius 2 is 1.88 bits per heavy atom. The van der Waals surface area contributed by atoms with E-state index in [1.165, 1.54) is 19.1 Å². The zero-order valence-corrected chi connectivity index (χ0v) is 16.6. The first kappa shape index (κ1) is 20.3. The summed E-state index contributed by atoms with van der Waals surface area (Å²) in [7, 11) is -3.13. The van der Waals surface area contributed by atoms with Crippen molar-refractivity contribution in [2.75, 3.05) is 12.8 Å². The number of aromatic nitrogens is 1. The monoisotopic (exact) mass is 401 g/mol. The topological polar surface area (TPSA) is 85.1 Å². The molecule has 0 saturated heterocycles. The first-order chi connectivity index (χ1) is 11.4. The quantitative estimate of drug-likeness (QED) is 0.778. The summed E-state index contributed by atoms with van der Waals surface area (Å²) in [6, 6.07) is 8.11. The van der Waals surface area contributed by atoms with Gasteiger partial charge in [-0.25, -0.2) is 18.1 Å². The van der Waals surface area contributed by atoms with E-state index in [9.17, 15) is 8.42 Å². The van der Waals surface area contributed by atoms with E-state index in [4.69, 9.17) is 10.7 Å². The molecule has 5 nitrogen and oxygen atoms in total. The van der Waals surface area contributed by atoms with Crippen LogP contribution in [-0.2, 0) is 22.0 Å². The van der Waals surface area contributed by atoms with Gasteiger partial charge < -0.3 is 5.73 Å². The minimum absolute atomic E-state index is 0. The summed E-state index contributed by atoms with van der Waals surface area (Å²) in [5, 5.41) is 3.11. The fraction of sp³-hybridized carbons (Fsp3) is 0.471. The van der Waals surface area contributed by atoms with Gasteiger partial charge in [0.05, 0.1) is 17.5 Å². The molecule has 0 atom stereocenters. The molecule has 1 heterocycles. The highest BCUT2D eigenvalue weighted by Gasteiger charge is 2.34. The van der Waals surface area contributed by atoms with Crippen molar-refractivity contribution in [1.29, 1.82) is 0 Å². The van der Waals surface area contributed by atoms with Gasteiger partial charge in [0.25, 0.3) is 0 Å². The van der Waals surface area contributed by atoms with Crippen LogP contribution in [0.5, 0.6) is 0 Å². The summed E-state index contributed by atoms with van der Waals surface area (Å²) >= 11 is 1.65. The third-order valence-corrected chi connectivity index (χ3v) is 6.24. The van der Waals surface area contributed by atoms with Crippen LogP contribution in [0.4, 0.5) is 0 Å². The van der Waals surface area contributed by atoms with Crippen molar-refractivity contribution in [1.82, 2.24) is 9.71 Å². The number of thiazole rings is 1. The minimum Gasteiger partial charge on any atom is -0.319 e. The Labute approximate surface area is 159 Å². The van der Waals surface area contributed by atoms with Crippen molar-refractivity contribution in [2.24, 2.45) is 5.73 Å². The first-order valence-corrected chi connectivity index (χ1v) is 10.9. The number of nitrogens with zero attached hydrogens (tertiary/aromatic N) is 1. The van der Waals surface area contributed by atoms with Crippen molar-refractivity contribution in [3.63, 3.8) is 0 Å². The molecule has 1 aromatic heterocycles. The lowest BCUT2D eigenvalue weighted by Gasteiger charge is -2.19. The maximum absolute atomic E-state index is 11.1.